The number of isocyanates is 1. The zero-order valence-corrected chi connectivity index (χ0v) is 82.8. The summed E-state index contributed by atoms with van der Waals surface area (Å²) in [5.74, 6) is -2.38. The summed E-state index contributed by atoms with van der Waals surface area (Å²) in [6.45, 7) is 12.6. The van der Waals surface area contributed by atoms with Crippen LogP contribution in [0.2, 0.25) is 0 Å². The zero-order chi connectivity index (χ0) is 105. The van der Waals surface area contributed by atoms with Crippen LogP contribution in [0.4, 0.5) is 60.8 Å². The number of para-hydroxylation sites is 4. The van der Waals surface area contributed by atoms with Gasteiger partial charge in [-0.1, -0.05) is 72.8 Å². The number of nitrogens with zero attached hydrogens (tertiary/aromatic N) is 9. The molecule has 5 heterocycles. The first-order valence-electron chi connectivity index (χ1n) is 41.6. The maximum Gasteiger partial charge on any atom is 0.411 e. The van der Waals surface area contributed by atoms with E-state index in [1.54, 1.807) is 147 Å². The van der Waals surface area contributed by atoms with Gasteiger partial charge in [0.2, 0.25) is 12.0 Å². The van der Waals surface area contributed by atoms with Crippen LogP contribution in [0.1, 0.15) is 69.2 Å². The number of aliphatic hydroxyl groups is 1. The van der Waals surface area contributed by atoms with Gasteiger partial charge < -0.3 is 41.2 Å². The molecule has 0 spiro atoms. The number of rotatable bonds is 24. The molecule has 3 amide bonds. The van der Waals surface area contributed by atoms with Gasteiger partial charge in [0.15, 0.2) is 0 Å². The number of halogens is 2. The Balaban J connectivity index is 0.000000231. The average Bonchev–Trinajstić information content (AvgIpc) is 1.62. The second-order valence-corrected chi connectivity index (χ2v) is 39.3. The Morgan fingerprint density at radius 3 is 0.929 bits per heavy atom. The monoisotopic (exact) mass is 2080 g/mol. The third-order valence-electron chi connectivity index (χ3n) is 19.6. The van der Waals surface area contributed by atoms with Crippen molar-refractivity contribution in [2.45, 2.75) is 98.6 Å². The summed E-state index contributed by atoms with van der Waals surface area (Å²) in [6.07, 6.45) is 0.132. The van der Waals surface area contributed by atoms with E-state index < -0.39 is 101 Å². The number of nitrogen functional groups attached to an aromatic ring is 2. The van der Waals surface area contributed by atoms with E-state index in [-0.39, 0.29) is 92.6 Å². The number of hydrogen-bond acceptors (Lipinski definition) is 28. The van der Waals surface area contributed by atoms with Crippen LogP contribution in [0.3, 0.4) is 0 Å². The number of aromatic nitrogens is 8. The maximum atomic E-state index is 12.9. The number of ether oxygens (including phenoxy) is 3. The Kier molecular flexibility index (Phi) is 40.7. The molecule has 1 fully saturated rings. The van der Waals surface area contributed by atoms with E-state index in [9.17, 15) is 94.8 Å². The number of nitrogens with one attached hydrogen (secondary N) is 6. The fraction of sp³-hybridized carbons (Fsp3) is 0.198. The molecule has 0 saturated carbocycles. The zero-order valence-electron chi connectivity index (χ0n) is 77.2. The quantitative estimate of drug-likeness (QED) is 0.00511. The Hall–Kier alpha value is -15.7. The minimum Gasteiger partial charge on any atom is -0.481 e. The van der Waals surface area contributed by atoms with Crippen molar-refractivity contribution < 1.29 is 100 Å². The highest BCUT2D eigenvalue weighted by Crippen LogP contribution is 2.27. The number of amides is 3. The van der Waals surface area contributed by atoms with Gasteiger partial charge in [0.25, 0.3) is 70.4 Å². The van der Waals surface area contributed by atoms with Crippen LogP contribution in [0.15, 0.2) is 291 Å². The van der Waals surface area contributed by atoms with Crippen LogP contribution >= 0.6 is 21.4 Å². The molecule has 13 aromatic rings. The molecule has 0 unspecified atom stereocenters. The molecule has 12 N–H and O–H groups in total. The highest BCUT2D eigenvalue weighted by Gasteiger charge is 2.28. The number of nitrogens with two attached hydrogens (primary N) is 2. The summed E-state index contributed by atoms with van der Waals surface area (Å²) in [5, 5.41) is 23.6. The molecule has 0 atom stereocenters. The molecular weight excluding hydrogens is 1980 g/mol. The van der Waals surface area contributed by atoms with Gasteiger partial charge in [0.05, 0.1) is 108 Å². The van der Waals surface area contributed by atoms with Crippen molar-refractivity contribution in [1.29, 1.82) is 0 Å². The first kappa shape index (κ1) is 112. The molecule has 9 aromatic carbocycles. The van der Waals surface area contributed by atoms with Crippen molar-refractivity contribution in [3.05, 3.63) is 307 Å². The molecule has 141 heavy (non-hydrogen) atoms. The minimum atomic E-state index is -4.08. The maximum absolute atomic E-state index is 12.9. The third kappa shape index (κ3) is 31.7. The van der Waals surface area contributed by atoms with Crippen molar-refractivity contribution in [2.24, 2.45) is 33.2 Å². The predicted octanol–water partition coefficient (Wildman–Crippen LogP) is 11.5. The third-order valence-corrected chi connectivity index (χ3v) is 26.4. The standard InChI is InChI=1S/C21H22N4O6S.C20H22N4O5S.C17H18N4O3S.C11H13N3O.C9H10ClNO4S.C7H4ClNO3S.C4H4O3.C2H6O/c1-14-20(21(29)25(24(14)2)16-6-4-3-5-7-16)23-32(30,31)17-10-8-15(9-11-17)22-18(26)12-13-19(27)28;1-4-29-20(26)21-15-10-12-17(13-11-15)30(27,28)22-18-14(2)23(3)24(19(18)25)16-8-6-5-7-9-16;1-12-16(19-25(23,24)15-10-8-13(18)9-11-15)17(22)21(20(12)2)14-6-4-3-5-7-14;1-8-10(12)11(15)14(13(8)2)9-6-4-3-5-7-9;1-2-15-9(12)11-7-3-5-8(6-4-7)16(10,13)14;8-13(11,12)7-3-1-6(2-4-7)9-5-10;5-3-1-2-4(6)7-3;1-2-3/h3-11,23H,12-13H2,1-2H3,(H,22,26)(H,27,28);5-13,22H,4H2,1-3H3,(H,21,26);3-11,19H,18H2,1-2H3;3-7H,12H2,1-2H3;3-6H,2H2,1H3,(H,11,12);1-4H;1-2H2;3H,2H2,1H3. The molecule has 0 bridgehead atoms. The lowest BCUT2D eigenvalue weighted by Gasteiger charge is -2.09. The van der Waals surface area contributed by atoms with Gasteiger partial charge in [-0.25, -0.2) is 75.2 Å². The summed E-state index contributed by atoms with van der Waals surface area (Å²) >= 11 is 0. The van der Waals surface area contributed by atoms with Crippen LogP contribution in [0.5, 0.6) is 0 Å². The topological polar surface area (TPSA) is 603 Å². The van der Waals surface area contributed by atoms with E-state index in [2.05, 4.69) is 44.6 Å². The lowest BCUT2D eigenvalue weighted by Crippen LogP contribution is -2.23. The molecule has 14 rings (SSSR count). The number of anilines is 8. The number of cyclic esters (lactones) is 2. The number of sulfonamides is 3. The van der Waals surface area contributed by atoms with Crippen LogP contribution in [0.25, 0.3) is 22.7 Å². The Labute approximate surface area is 817 Å². The van der Waals surface area contributed by atoms with Crippen molar-refractivity contribution in [1.82, 2.24) is 37.5 Å². The first-order valence-corrected chi connectivity index (χ1v) is 50.7. The van der Waals surface area contributed by atoms with Crippen LogP contribution in [0, 0.1) is 27.7 Å². The first-order chi connectivity index (χ1) is 66.4. The van der Waals surface area contributed by atoms with Gasteiger partial charge in [-0.15, -0.1) is 0 Å². The molecule has 50 heteroatoms. The average molecular weight is 2080 g/mol. The van der Waals surface area contributed by atoms with Crippen molar-refractivity contribution in [3.8, 4) is 22.7 Å². The van der Waals surface area contributed by atoms with E-state index in [0.29, 0.717) is 68.3 Å². The second kappa shape index (κ2) is 51.1. The number of esters is 2. The highest BCUT2D eigenvalue weighted by atomic mass is 35.7. The Bertz CT molecular complexity index is 7520. The van der Waals surface area contributed by atoms with Crippen molar-refractivity contribution in [2.75, 3.05) is 61.4 Å². The molecule has 748 valence electrons. The number of carbonyl (C=O) groups excluding carboxylic acids is 6. The molecule has 0 aliphatic carbocycles. The van der Waals surface area contributed by atoms with E-state index in [4.69, 9.17) is 47.8 Å². The second-order valence-electron chi connectivity index (χ2n) is 29.1. The van der Waals surface area contributed by atoms with Gasteiger partial charge in [-0.2, -0.15) is 4.99 Å². The molecule has 0 radical (unpaired) electrons. The molecular formula is C91H99Cl2N17O26S5. The fourth-order valence-corrected chi connectivity index (χ4v) is 17.1. The smallest absolute Gasteiger partial charge is 0.411 e. The van der Waals surface area contributed by atoms with Crippen LogP contribution in [-0.4, -0.2) is 152 Å². The molecule has 1 aliphatic rings. The van der Waals surface area contributed by atoms with Gasteiger partial charge in [0.1, 0.15) is 22.7 Å². The summed E-state index contributed by atoms with van der Waals surface area (Å²) in [5.41, 5.74) is 16.7. The minimum absolute atomic E-state index is 0.0168. The number of aliphatic imine (C=N–C) groups is 1. The summed E-state index contributed by atoms with van der Waals surface area (Å²) in [4.78, 5) is 128. The number of aliphatic carboxylic acids is 1. The van der Waals surface area contributed by atoms with Gasteiger partial charge in [-0.3, -0.25) is 81.9 Å². The number of aliphatic hydroxyl groups excluding tert-OH is 1. The lowest BCUT2D eigenvalue weighted by molar-refractivity contribution is -0.152. The van der Waals surface area contributed by atoms with Crippen molar-refractivity contribution in [3.63, 3.8) is 0 Å². The number of hydrogen-bond donors (Lipinski definition) is 10. The van der Waals surface area contributed by atoms with E-state index in [0.717, 1.165) is 11.4 Å². The molecule has 1 saturated heterocycles. The Morgan fingerprint density at radius 1 is 0.404 bits per heavy atom. The highest BCUT2D eigenvalue weighted by molar-refractivity contribution is 8.14. The molecule has 4 aromatic heterocycles. The van der Waals surface area contributed by atoms with Crippen LogP contribution < -0.4 is 63.8 Å². The summed E-state index contributed by atoms with van der Waals surface area (Å²) in [7, 11) is -2.39. The van der Waals surface area contributed by atoms with Crippen molar-refractivity contribution >= 4 is 163 Å². The van der Waals surface area contributed by atoms with E-state index >= 15 is 0 Å². The Morgan fingerprint density at radius 2 is 0.674 bits per heavy atom. The SMILES string of the molecule is CCO.CCOC(=O)Nc1ccc(S(=O)(=O)Cl)cc1.CCOC(=O)Nc1ccc(S(=O)(=O)Nc2c(C)n(C)n(-c3ccccc3)c2=O)cc1.Cc1c(N)c(=O)n(-c2ccccc2)n1C.Cc1c(NS(=O)(=O)c2ccc(N)cc2)c(=O)n(-c2ccccc2)n1C.Cc1c(NS(=O)(=O)c2ccc(NC(=O)CCC(=O)O)cc2)c(=O)n(-c2ccccc2)n1C.O=C1CCC(=O)O1.O=C=Nc1ccc(S(=O)(=O)Cl)cc1. The largest absolute Gasteiger partial charge is 0.481 e. The summed E-state index contributed by atoms with van der Waals surface area (Å²) < 4.78 is 153. The lowest BCUT2D eigenvalue weighted by atomic mass is 10.2. The van der Waals surface area contributed by atoms with Crippen LogP contribution in [-0.2, 0) is 115 Å². The van der Waals surface area contributed by atoms with Gasteiger partial charge in [-0.05, 0) is 218 Å². The molecule has 1 aliphatic heterocycles. The van der Waals surface area contributed by atoms with Gasteiger partial charge in [0, 0.05) is 85.3 Å². The molecule has 43 nitrogen and oxygen atoms in total. The van der Waals surface area contributed by atoms with E-state index in [1.165, 1.54) is 141 Å². The number of benzene rings is 9. The summed E-state index contributed by atoms with van der Waals surface area (Å²) in [6, 6.07) is 63.5. The number of carboxylic acid groups (broad SMARTS) is 1. The number of carboxylic acids is 1. The van der Waals surface area contributed by atoms with E-state index in [1.807, 2.05) is 74.6 Å². The normalized spacial score (nSPS) is 11.4. The number of carbonyl (C=O) groups is 6. The predicted molar refractivity (Wildman–Crippen MR) is 530 cm³/mol. The fourth-order valence-electron chi connectivity index (χ4n) is 12.2. The van der Waals surface area contributed by atoms with Gasteiger partial charge >= 0.3 is 30.1 Å².